The second-order valence-corrected chi connectivity index (χ2v) is 18.2. The molecule has 2 aliphatic heterocycles. The maximum absolute atomic E-state index is 10.3. The molecule has 322 valence electrons. The predicted octanol–water partition coefficient (Wildman–Crippen LogP) is 12.6. The lowest BCUT2D eigenvalue weighted by Crippen LogP contribution is -2.46. The van der Waals surface area contributed by atoms with Crippen LogP contribution >= 0.6 is 0 Å². The van der Waals surface area contributed by atoms with Gasteiger partial charge in [0.15, 0.2) is 0 Å². The molecule has 9 rings (SSSR count). The SMILES string of the molecule is CCO[Si](CCCOc1ccc(-c2c3nc(c(-c4ccc(O)cc4)c4ccc([nH]4)c(-c4ccccc4)c4nc(c(-c5ccc(O)cc5)c5ccc2[nH]5)C=C4)C=C3)cc1)(OCC)OCC. The van der Waals surface area contributed by atoms with Crippen molar-refractivity contribution in [2.75, 3.05) is 26.4 Å². The van der Waals surface area contributed by atoms with Crippen LogP contribution in [0, 0.1) is 0 Å². The predicted molar refractivity (Wildman–Crippen MR) is 259 cm³/mol. The smallest absolute Gasteiger partial charge is 0.501 e. The maximum Gasteiger partial charge on any atom is 0.501 e. The summed E-state index contributed by atoms with van der Waals surface area (Å²) < 4.78 is 24.4. The van der Waals surface area contributed by atoms with Crippen molar-refractivity contribution in [3.8, 4) is 61.8 Å². The highest BCUT2D eigenvalue weighted by Crippen LogP contribution is 2.39. The Morgan fingerprint density at radius 3 is 1.19 bits per heavy atom. The van der Waals surface area contributed by atoms with E-state index in [4.69, 9.17) is 28.0 Å². The lowest BCUT2D eigenvalue weighted by Gasteiger charge is -2.28. The summed E-state index contributed by atoms with van der Waals surface area (Å²) in [7, 11) is -2.77. The number of aromatic amines is 2. The van der Waals surface area contributed by atoms with Crippen LogP contribution in [-0.2, 0) is 13.3 Å². The Morgan fingerprint density at radius 1 is 0.453 bits per heavy atom. The van der Waals surface area contributed by atoms with Crippen LogP contribution in [0.5, 0.6) is 17.2 Å². The molecule has 10 nitrogen and oxygen atoms in total. The third-order valence-electron chi connectivity index (χ3n) is 11.3. The molecule has 3 aromatic heterocycles. The molecule has 0 amide bonds. The fourth-order valence-electron chi connectivity index (χ4n) is 8.48. The number of nitrogens with zero attached hydrogens (tertiary/aromatic N) is 2. The second-order valence-electron chi connectivity index (χ2n) is 15.4. The standard InChI is InChI=1S/C53H50N4O6Si/c1-4-61-64(62-5-2,63-6-3)34-10-33-60-41-23-17-38(18-24-41)53-48-31-29-46(56-48)51(36-13-19-39(58)20-14-36)44-27-25-42(54-44)50(35-11-8-7-9-12-35)43-26-28-45(55-43)52(47-30-32-49(53)57-47)37-15-21-40(59)22-16-37/h7-9,11-32,54,57-59H,4-6,10,33-34H2,1-3H3. The van der Waals surface area contributed by atoms with E-state index >= 15 is 0 Å². The van der Waals surface area contributed by atoms with Gasteiger partial charge in [0.05, 0.1) is 29.4 Å². The number of hydrogen-bond acceptors (Lipinski definition) is 8. The Labute approximate surface area is 373 Å². The molecular formula is C53H50N4O6Si. The van der Waals surface area contributed by atoms with Crippen molar-refractivity contribution in [3.05, 3.63) is 150 Å². The normalized spacial score (nSPS) is 12.2. The number of phenols is 2. The summed E-state index contributed by atoms with van der Waals surface area (Å²) in [6.45, 7) is 7.99. The molecule has 0 saturated carbocycles. The van der Waals surface area contributed by atoms with E-state index in [1.54, 1.807) is 24.3 Å². The van der Waals surface area contributed by atoms with Crippen molar-refractivity contribution in [1.29, 1.82) is 0 Å². The van der Waals surface area contributed by atoms with Gasteiger partial charge < -0.3 is 38.2 Å². The van der Waals surface area contributed by atoms with Crippen LogP contribution < -0.4 is 4.74 Å². The largest absolute Gasteiger partial charge is 0.508 e. The van der Waals surface area contributed by atoms with E-state index in [0.29, 0.717) is 32.5 Å². The molecule has 2 aliphatic rings. The number of aromatic hydroxyl groups is 2. The minimum Gasteiger partial charge on any atom is -0.508 e. The number of nitrogens with one attached hydrogen (secondary N) is 2. The van der Waals surface area contributed by atoms with Gasteiger partial charge in [0, 0.05) is 70.2 Å². The van der Waals surface area contributed by atoms with Crippen LogP contribution in [0.2, 0.25) is 6.04 Å². The third kappa shape index (κ3) is 8.79. The summed E-state index contributed by atoms with van der Waals surface area (Å²) in [5, 5.41) is 20.6. The maximum atomic E-state index is 10.3. The van der Waals surface area contributed by atoms with Gasteiger partial charge in [-0.3, -0.25) is 0 Å². The number of benzene rings is 4. The average molecular weight is 867 g/mol. The summed E-state index contributed by atoms with van der Waals surface area (Å²) in [5.41, 5.74) is 14.0. The van der Waals surface area contributed by atoms with Gasteiger partial charge in [-0.1, -0.05) is 66.7 Å². The number of rotatable bonds is 15. The van der Waals surface area contributed by atoms with Crippen LogP contribution in [0.3, 0.4) is 0 Å². The average Bonchev–Trinajstić information content (AvgIpc) is 4.16. The summed E-state index contributed by atoms with van der Waals surface area (Å²) in [5.74, 6) is 1.11. The van der Waals surface area contributed by atoms with Gasteiger partial charge in [-0.05, 0) is 134 Å². The minimum absolute atomic E-state index is 0.184. The quantitative estimate of drug-likeness (QED) is 0.0591. The lowest BCUT2D eigenvalue weighted by atomic mass is 10.0. The van der Waals surface area contributed by atoms with Crippen molar-refractivity contribution >= 4 is 55.2 Å². The Morgan fingerprint density at radius 2 is 0.812 bits per heavy atom. The Hall–Kier alpha value is -7.02. The fraction of sp³-hybridized carbons (Fsp3) is 0.170. The number of phenolic OH excluding ortho intramolecular Hbond substituents is 2. The highest BCUT2D eigenvalue weighted by atomic mass is 28.4. The number of ether oxygens (including phenoxy) is 1. The van der Waals surface area contributed by atoms with E-state index in [1.165, 1.54) is 0 Å². The van der Waals surface area contributed by atoms with Crippen LogP contribution in [0.25, 0.3) is 90.9 Å². The van der Waals surface area contributed by atoms with E-state index in [1.807, 2.05) is 81.4 Å². The van der Waals surface area contributed by atoms with Gasteiger partial charge in [0.1, 0.15) is 17.2 Å². The summed E-state index contributed by atoms with van der Waals surface area (Å²) in [6, 6.07) is 41.8. The van der Waals surface area contributed by atoms with E-state index in [0.717, 1.165) is 102 Å². The highest BCUT2D eigenvalue weighted by Gasteiger charge is 2.39. The summed E-state index contributed by atoms with van der Waals surface area (Å²) in [4.78, 5) is 18.2. The van der Waals surface area contributed by atoms with E-state index < -0.39 is 8.80 Å². The first kappa shape index (κ1) is 42.3. The molecule has 5 heterocycles. The van der Waals surface area contributed by atoms with Gasteiger partial charge in [-0.2, -0.15) is 0 Å². The van der Waals surface area contributed by atoms with E-state index in [9.17, 15) is 10.2 Å². The molecule has 4 N–H and O–H groups in total. The van der Waals surface area contributed by atoms with Gasteiger partial charge in [0.2, 0.25) is 0 Å². The van der Waals surface area contributed by atoms with Crippen LogP contribution in [-0.4, -0.2) is 65.4 Å². The first-order valence-corrected chi connectivity index (χ1v) is 23.7. The Balaban J connectivity index is 1.23. The van der Waals surface area contributed by atoms with Gasteiger partial charge >= 0.3 is 8.80 Å². The Kier molecular flexibility index (Phi) is 12.4. The Bertz CT molecular complexity index is 2930. The van der Waals surface area contributed by atoms with E-state index in [-0.39, 0.29) is 11.5 Å². The van der Waals surface area contributed by atoms with Crippen molar-refractivity contribution in [3.63, 3.8) is 0 Å². The second kappa shape index (κ2) is 18.8. The zero-order chi connectivity index (χ0) is 44.0. The molecule has 0 saturated heterocycles. The number of fused-ring (bicyclic) bond motifs is 8. The minimum atomic E-state index is -2.77. The molecule has 64 heavy (non-hydrogen) atoms. The summed E-state index contributed by atoms with van der Waals surface area (Å²) in [6.07, 6.45) is 8.95. The first-order chi connectivity index (χ1) is 31.3. The molecule has 4 aromatic carbocycles. The molecule has 11 heteroatoms. The molecule has 0 atom stereocenters. The van der Waals surface area contributed by atoms with Crippen molar-refractivity contribution < 1.29 is 28.2 Å². The number of hydrogen-bond donors (Lipinski definition) is 4. The van der Waals surface area contributed by atoms with Gasteiger partial charge in [-0.25, -0.2) is 9.97 Å². The number of aromatic nitrogens is 4. The van der Waals surface area contributed by atoms with Crippen molar-refractivity contribution in [1.82, 2.24) is 19.9 Å². The van der Waals surface area contributed by atoms with Crippen LogP contribution in [0.4, 0.5) is 0 Å². The zero-order valence-corrected chi connectivity index (χ0v) is 37.1. The van der Waals surface area contributed by atoms with Crippen molar-refractivity contribution in [2.45, 2.75) is 33.2 Å². The topological polar surface area (TPSA) is 135 Å². The molecule has 0 fully saturated rings. The molecule has 0 spiro atoms. The molecule has 8 bridgehead atoms. The fourth-order valence-corrected chi connectivity index (χ4v) is 11.1. The zero-order valence-electron chi connectivity index (χ0n) is 36.1. The number of H-pyrrole nitrogens is 2. The molecule has 0 aliphatic carbocycles. The van der Waals surface area contributed by atoms with Gasteiger partial charge in [0.25, 0.3) is 0 Å². The van der Waals surface area contributed by atoms with Crippen LogP contribution in [0.15, 0.2) is 127 Å². The molecule has 7 aromatic rings. The lowest BCUT2D eigenvalue weighted by molar-refractivity contribution is 0.0696. The van der Waals surface area contributed by atoms with Crippen LogP contribution in [0.1, 0.15) is 50.0 Å². The van der Waals surface area contributed by atoms with E-state index in [2.05, 4.69) is 76.7 Å². The van der Waals surface area contributed by atoms with Crippen molar-refractivity contribution in [2.24, 2.45) is 0 Å². The summed E-state index contributed by atoms with van der Waals surface area (Å²) >= 11 is 0. The molecule has 0 radical (unpaired) electrons. The molecule has 0 unspecified atom stereocenters. The highest BCUT2D eigenvalue weighted by molar-refractivity contribution is 6.60. The molecular weight excluding hydrogens is 817 g/mol. The monoisotopic (exact) mass is 866 g/mol. The first-order valence-electron chi connectivity index (χ1n) is 21.8. The van der Waals surface area contributed by atoms with Gasteiger partial charge in [-0.15, -0.1) is 0 Å². The third-order valence-corrected chi connectivity index (χ3v) is 14.4.